The van der Waals surface area contributed by atoms with E-state index in [1.54, 1.807) is 25.2 Å². The maximum absolute atomic E-state index is 12.1. The first kappa shape index (κ1) is 15.5. The van der Waals surface area contributed by atoms with Crippen LogP contribution in [0.3, 0.4) is 0 Å². The van der Waals surface area contributed by atoms with Crippen molar-refractivity contribution in [2.75, 3.05) is 32.1 Å². The summed E-state index contributed by atoms with van der Waals surface area (Å²) in [6, 6.07) is 5.28. The van der Waals surface area contributed by atoms with Crippen molar-refractivity contribution in [3.05, 3.63) is 29.3 Å². The number of hydrogen-bond donors (Lipinski definition) is 3. The number of rotatable bonds is 4. The highest BCUT2D eigenvalue weighted by atomic mass is 16.5. The standard InChI is InChI=1S/C15H21N3O3/c1-10-12(15(20)16-2)4-3-5-13(10)18-14(19)8-11-9-17-6-7-21-11/h3-5,11,17H,6-9H2,1-2H3,(H,16,20)(H,18,19). The second kappa shape index (κ2) is 7.19. The molecule has 21 heavy (non-hydrogen) atoms. The number of anilines is 1. The second-order valence-electron chi connectivity index (χ2n) is 5.01. The summed E-state index contributed by atoms with van der Waals surface area (Å²) in [5.74, 6) is -0.274. The highest BCUT2D eigenvalue weighted by molar-refractivity contribution is 5.99. The molecule has 1 aliphatic rings. The fraction of sp³-hybridized carbons (Fsp3) is 0.467. The zero-order valence-corrected chi connectivity index (χ0v) is 12.4. The first-order chi connectivity index (χ1) is 10.1. The van der Waals surface area contributed by atoms with E-state index in [4.69, 9.17) is 4.74 Å². The van der Waals surface area contributed by atoms with Gasteiger partial charge in [-0.2, -0.15) is 0 Å². The molecule has 6 nitrogen and oxygen atoms in total. The molecule has 0 saturated carbocycles. The average Bonchev–Trinajstić information content (AvgIpc) is 2.49. The Balaban J connectivity index is 2.01. The van der Waals surface area contributed by atoms with Crippen molar-refractivity contribution in [1.82, 2.24) is 10.6 Å². The lowest BCUT2D eigenvalue weighted by Gasteiger charge is -2.23. The van der Waals surface area contributed by atoms with Crippen LogP contribution in [0.4, 0.5) is 5.69 Å². The van der Waals surface area contributed by atoms with E-state index in [0.29, 0.717) is 30.8 Å². The summed E-state index contributed by atoms with van der Waals surface area (Å²) < 4.78 is 5.51. The van der Waals surface area contributed by atoms with Crippen LogP contribution in [0.2, 0.25) is 0 Å². The summed E-state index contributed by atoms with van der Waals surface area (Å²) in [5, 5.41) is 8.63. The van der Waals surface area contributed by atoms with Gasteiger partial charge in [0.1, 0.15) is 0 Å². The minimum atomic E-state index is -0.164. The molecule has 1 aromatic rings. The number of morpholine rings is 1. The maximum Gasteiger partial charge on any atom is 0.251 e. The first-order valence-electron chi connectivity index (χ1n) is 7.05. The van der Waals surface area contributed by atoms with Crippen LogP contribution < -0.4 is 16.0 Å². The molecule has 1 aromatic carbocycles. The molecule has 0 bridgehead atoms. The van der Waals surface area contributed by atoms with Gasteiger partial charge in [0.05, 0.1) is 19.1 Å². The van der Waals surface area contributed by atoms with Gasteiger partial charge >= 0.3 is 0 Å². The van der Waals surface area contributed by atoms with Crippen molar-refractivity contribution in [3.8, 4) is 0 Å². The van der Waals surface area contributed by atoms with E-state index < -0.39 is 0 Å². The molecule has 0 aliphatic carbocycles. The Morgan fingerprint density at radius 3 is 2.90 bits per heavy atom. The fourth-order valence-corrected chi connectivity index (χ4v) is 2.31. The molecule has 2 amide bonds. The van der Waals surface area contributed by atoms with Crippen molar-refractivity contribution >= 4 is 17.5 Å². The quantitative estimate of drug-likeness (QED) is 0.762. The minimum Gasteiger partial charge on any atom is -0.375 e. The summed E-state index contributed by atoms with van der Waals surface area (Å²) in [7, 11) is 1.58. The molecule has 1 unspecified atom stereocenters. The Hall–Kier alpha value is -1.92. The van der Waals surface area contributed by atoms with Crippen LogP contribution in [-0.4, -0.2) is 44.7 Å². The van der Waals surface area contributed by atoms with Crippen molar-refractivity contribution in [2.24, 2.45) is 0 Å². The van der Waals surface area contributed by atoms with Gasteiger partial charge in [-0.15, -0.1) is 0 Å². The number of benzene rings is 1. The Morgan fingerprint density at radius 1 is 1.43 bits per heavy atom. The molecule has 6 heteroatoms. The summed E-state index contributed by atoms with van der Waals surface area (Å²) in [4.78, 5) is 23.8. The fourth-order valence-electron chi connectivity index (χ4n) is 2.31. The van der Waals surface area contributed by atoms with Gasteiger partial charge in [0.25, 0.3) is 5.91 Å². The number of ether oxygens (including phenoxy) is 1. The van der Waals surface area contributed by atoms with Crippen molar-refractivity contribution in [3.63, 3.8) is 0 Å². The molecule has 1 atom stereocenters. The molecular formula is C15H21N3O3. The SMILES string of the molecule is CNC(=O)c1cccc(NC(=O)CC2CNCCO2)c1C. The number of nitrogens with one attached hydrogen (secondary N) is 3. The average molecular weight is 291 g/mol. The molecule has 0 radical (unpaired) electrons. The van der Waals surface area contributed by atoms with Crippen molar-refractivity contribution < 1.29 is 14.3 Å². The zero-order chi connectivity index (χ0) is 15.2. The molecule has 1 aliphatic heterocycles. The van der Waals surface area contributed by atoms with E-state index in [1.165, 1.54) is 0 Å². The summed E-state index contributed by atoms with van der Waals surface area (Å²) in [6.45, 7) is 3.96. The summed E-state index contributed by atoms with van der Waals surface area (Å²) in [6.07, 6.45) is 0.206. The third-order valence-corrected chi connectivity index (χ3v) is 3.50. The summed E-state index contributed by atoms with van der Waals surface area (Å²) in [5.41, 5.74) is 1.98. The van der Waals surface area contributed by atoms with Gasteiger partial charge in [0, 0.05) is 31.4 Å². The van der Waals surface area contributed by atoms with Crippen LogP contribution in [0.15, 0.2) is 18.2 Å². The molecule has 1 saturated heterocycles. The van der Waals surface area contributed by atoms with Crippen LogP contribution in [0, 0.1) is 6.92 Å². The Morgan fingerprint density at radius 2 is 2.24 bits per heavy atom. The normalized spacial score (nSPS) is 18.1. The van der Waals surface area contributed by atoms with Gasteiger partial charge in [0.2, 0.25) is 5.91 Å². The molecular weight excluding hydrogens is 270 g/mol. The van der Waals surface area contributed by atoms with E-state index in [-0.39, 0.29) is 17.9 Å². The van der Waals surface area contributed by atoms with E-state index in [9.17, 15) is 9.59 Å². The molecule has 0 spiro atoms. The van der Waals surface area contributed by atoms with E-state index in [0.717, 1.165) is 12.1 Å². The molecule has 2 rings (SSSR count). The lowest BCUT2D eigenvalue weighted by atomic mass is 10.1. The number of carbonyl (C=O) groups is 2. The number of amides is 2. The van der Waals surface area contributed by atoms with E-state index in [2.05, 4.69) is 16.0 Å². The largest absolute Gasteiger partial charge is 0.375 e. The number of carbonyl (C=O) groups excluding carboxylic acids is 2. The van der Waals surface area contributed by atoms with Crippen LogP contribution in [0.25, 0.3) is 0 Å². The maximum atomic E-state index is 12.1. The Bertz CT molecular complexity index is 525. The molecule has 3 N–H and O–H groups in total. The topological polar surface area (TPSA) is 79.5 Å². The monoisotopic (exact) mass is 291 g/mol. The molecule has 0 aromatic heterocycles. The van der Waals surface area contributed by atoms with Crippen LogP contribution >= 0.6 is 0 Å². The smallest absolute Gasteiger partial charge is 0.251 e. The number of hydrogen-bond acceptors (Lipinski definition) is 4. The van der Waals surface area contributed by atoms with E-state index in [1.807, 2.05) is 6.92 Å². The lowest BCUT2D eigenvalue weighted by Crippen LogP contribution is -2.40. The predicted octanol–water partition coefficient (Wildman–Crippen LogP) is 0.672. The third-order valence-electron chi connectivity index (χ3n) is 3.50. The van der Waals surface area contributed by atoms with Crippen LogP contribution in [0.5, 0.6) is 0 Å². The van der Waals surface area contributed by atoms with E-state index >= 15 is 0 Å². The zero-order valence-electron chi connectivity index (χ0n) is 12.4. The van der Waals surface area contributed by atoms with Crippen LogP contribution in [-0.2, 0) is 9.53 Å². The van der Waals surface area contributed by atoms with Gasteiger partial charge in [-0.1, -0.05) is 6.07 Å². The van der Waals surface area contributed by atoms with Gasteiger partial charge in [-0.05, 0) is 24.6 Å². The van der Waals surface area contributed by atoms with Gasteiger partial charge in [-0.25, -0.2) is 0 Å². The van der Waals surface area contributed by atoms with Gasteiger partial charge in [0.15, 0.2) is 0 Å². The lowest BCUT2D eigenvalue weighted by molar-refractivity contribution is -0.119. The van der Waals surface area contributed by atoms with Crippen molar-refractivity contribution in [2.45, 2.75) is 19.4 Å². The third kappa shape index (κ3) is 4.03. The molecule has 1 heterocycles. The molecule has 1 fully saturated rings. The van der Waals surface area contributed by atoms with Gasteiger partial charge in [-0.3, -0.25) is 9.59 Å². The highest BCUT2D eigenvalue weighted by Gasteiger charge is 2.18. The minimum absolute atomic E-state index is 0.0961. The highest BCUT2D eigenvalue weighted by Crippen LogP contribution is 2.19. The second-order valence-corrected chi connectivity index (χ2v) is 5.01. The summed E-state index contributed by atoms with van der Waals surface area (Å²) >= 11 is 0. The molecule has 114 valence electrons. The van der Waals surface area contributed by atoms with Crippen molar-refractivity contribution in [1.29, 1.82) is 0 Å². The predicted molar refractivity (Wildman–Crippen MR) is 80.4 cm³/mol. The Kier molecular flexibility index (Phi) is 5.30. The van der Waals surface area contributed by atoms with Gasteiger partial charge < -0.3 is 20.7 Å². The Labute approximate surface area is 124 Å². The first-order valence-corrected chi connectivity index (χ1v) is 7.05. The van der Waals surface area contributed by atoms with Crippen LogP contribution in [0.1, 0.15) is 22.3 Å².